The number of rotatable bonds is 5. The van der Waals surface area contributed by atoms with Gasteiger partial charge >= 0.3 is 0 Å². The summed E-state index contributed by atoms with van der Waals surface area (Å²) in [6, 6.07) is 13.2. The Balaban J connectivity index is 1.44. The zero-order valence-corrected chi connectivity index (χ0v) is 15.3. The number of hydrogen-bond acceptors (Lipinski definition) is 5. The normalized spacial score (nSPS) is 13.7. The van der Waals surface area contributed by atoms with Crippen LogP contribution in [0.5, 0.6) is 5.75 Å². The summed E-state index contributed by atoms with van der Waals surface area (Å²) in [6.45, 7) is 2.55. The lowest BCUT2D eigenvalue weighted by Crippen LogP contribution is -2.24. The quantitative estimate of drug-likeness (QED) is 0.755. The van der Waals surface area contributed by atoms with Crippen molar-refractivity contribution in [1.82, 2.24) is 15.3 Å². The van der Waals surface area contributed by atoms with Crippen molar-refractivity contribution < 1.29 is 9.53 Å². The predicted octanol–water partition coefficient (Wildman–Crippen LogP) is 3.17. The molecule has 1 N–H and O–H groups in total. The van der Waals surface area contributed by atoms with Crippen molar-refractivity contribution in [2.24, 2.45) is 0 Å². The Hall–Kier alpha value is -3.15. The van der Waals surface area contributed by atoms with E-state index in [2.05, 4.69) is 20.2 Å². The van der Waals surface area contributed by atoms with Gasteiger partial charge in [0.05, 0.1) is 12.6 Å². The molecule has 6 heteroatoms. The largest absolute Gasteiger partial charge is 0.497 e. The van der Waals surface area contributed by atoms with Crippen LogP contribution in [0.4, 0.5) is 5.82 Å². The van der Waals surface area contributed by atoms with Crippen molar-refractivity contribution in [3.8, 4) is 5.75 Å². The maximum Gasteiger partial charge on any atom is 0.270 e. The first kappa shape index (κ1) is 17.3. The molecule has 0 saturated carbocycles. The summed E-state index contributed by atoms with van der Waals surface area (Å²) in [5.74, 6) is 1.57. The Labute approximate surface area is 158 Å². The van der Waals surface area contributed by atoms with E-state index in [1.54, 1.807) is 19.4 Å². The third-order valence-electron chi connectivity index (χ3n) is 4.82. The Morgan fingerprint density at radius 3 is 2.81 bits per heavy atom. The summed E-state index contributed by atoms with van der Waals surface area (Å²) >= 11 is 0. The van der Waals surface area contributed by atoms with Gasteiger partial charge < -0.3 is 15.0 Å². The molecule has 1 aliphatic heterocycles. The summed E-state index contributed by atoms with van der Waals surface area (Å²) < 4.78 is 5.22. The molecule has 0 bridgehead atoms. The van der Waals surface area contributed by atoms with Gasteiger partial charge in [0.2, 0.25) is 0 Å². The van der Waals surface area contributed by atoms with Gasteiger partial charge in [-0.05, 0) is 54.8 Å². The highest BCUT2D eigenvalue weighted by Gasteiger charge is 2.14. The van der Waals surface area contributed by atoms with Crippen LogP contribution < -0.4 is 15.0 Å². The third-order valence-corrected chi connectivity index (χ3v) is 4.82. The summed E-state index contributed by atoms with van der Waals surface area (Å²) in [5, 5.41) is 3.89. The minimum absolute atomic E-state index is 0.188. The first-order valence-electron chi connectivity index (χ1n) is 9.16. The third kappa shape index (κ3) is 3.84. The van der Waals surface area contributed by atoms with Gasteiger partial charge in [-0.2, -0.15) is 0 Å². The molecule has 6 nitrogen and oxygen atoms in total. The Morgan fingerprint density at radius 1 is 1.15 bits per heavy atom. The minimum Gasteiger partial charge on any atom is -0.497 e. The van der Waals surface area contributed by atoms with E-state index >= 15 is 0 Å². The molecule has 3 heterocycles. The van der Waals surface area contributed by atoms with Crippen LogP contribution in [0.25, 0.3) is 10.9 Å². The van der Waals surface area contributed by atoms with E-state index < -0.39 is 0 Å². The maximum absolute atomic E-state index is 12.5. The zero-order valence-electron chi connectivity index (χ0n) is 15.3. The van der Waals surface area contributed by atoms with Crippen molar-refractivity contribution in [3.63, 3.8) is 0 Å². The number of nitrogens with zero attached hydrogens (tertiary/aromatic N) is 3. The van der Waals surface area contributed by atoms with Gasteiger partial charge in [0.1, 0.15) is 17.3 Å². The predicted molar refractivity (Wildman–Crippen MR) is 105 cm³/mol. The molecule has 1 aliphatic rings. The van der Waals surface area contributed by atoms with Crippen molar-refractivity contribution in [2.75, 3.05) is 25.1 Å². The van der Waals surface area contributed by atoms with Gasteiger partial charge in [-0.25, -0.2) is 9.97 Å². The molecule has 1 aromatic carbocycles. The highest BCUT2D eigenvalue weighted by Crippen LogP contribution is 2.20. The second-order valence-electron chi connectivity index (χ2n) is 6.65. The minimum atomic E-state index is -0.188. The fraction of sp³-hybridized carbons (Fsp3) is 0.286. The Kier molecular flexibility index (Phi) is 4.87. The molecule has 1 amide bonds. The number of pyridine rings is 2. The van der Waals surface area contributed by atoms with Crippen LogP contribution in [0, 0.1) is 0 Å². The number of carbonyl (C=O) groups excluding carboxylic acids is 1. The van der Waals surface area contributed by atoms with Gasteiger partial charge in [-0.15, -0.1) is 0 Å². The summed E-state index contributed by atoms with van der Waals surface area (Å²) in [5.41, 5.74) is 2.20. The first-order chi connectivity index (χ1) is 13.2. The highest BCUT2D eigenvalue weighted by molar-refractivity contribution is 5.95. The number of amides is 1. The van der Waals surface area contributed by atoms with Gasteiger partial charge in [-0.1, -0.05) is 6.07 Å². The molecule has 1 saturated heterocycles. The van der Waals surface area contributed by atoms with Crippen LogP contribution >= 0.6 is 0 Å². The number of nitrogens with one attached hydrogen (secondary N) is 1. The van der Waals surface area contributed by atoms with E-state index in [0.717, 1.165) is 41.1 Å². The topological polar surface area (TPSA) is 67.3 Å². The van der Waals surface area contributed by atoms with Crippen molar-refractivity contribution >= 4 is 22.6 Å². The number of carbonyl (C=O) groups is 1. The van der Waals surface area contributed by atoms with E-state index in [-0.39, 0.29) is 5.91 Å². The van der Waals surface area contributed by atoms with E-state index in [9.17, 15) is 4.79 Å². The molecule has 0 unspecified atom stereocenters. The van der Waals surface area contributed by atoms with Crippen LogP contribution in [-0.4, -0.2) is 36.1 Å². The van der Waals surface area contributed by atoms with E-state index in [0.29, 0.717) is 12.2 Å². The average molecular weight is 362 g/mol. The van der Waals surface area contributed by atoms with Gasteiger partial charge in [0.25, 0.3) is 5.91 Å². The number of methoxy groups -OCH3 is 1. The number of fused-ring (bicyclic) bond motifs is 1. The second-order valence-corrected chi connectivity index (χ2v) is 6.65. The lowest BCUT2D eigenvalue weighted by atomic mass is 10.2. The summed E-state index contributed by atoms with van der Waals surface area (Å²) in [4.78, 5) is 23.7. The molecule has 2 aromatic heterocycles. The van der Waals surface area contributed by atoms with E-state index in [4.69, 9.17) is 4.74 Å². The monoisotopic (exact) mass is 362 g/mol. The van der Waals surface area contributed by atoms with Crippen LogP contribution in [0.3, 0.4) is 0 Å². The number of benzene rings is 1. The van der Waals surface area contributed by atoms with Crippen LogP contribution in [0.1, 0.15) is 28.9 Å². The molecule has 0 aliphatic carbocycles. The van der Waals surface area contributed by atoms with Crippen LogP contribution in [-0.2, 0) is 6.54 Å². The Bertz CT molecular complexity index is 967. The lowest BCUT2D eigenvalue weighted by molar-refractivity contribution is 0.0946. The molecule has 0 atom stereocenters. The van der Waals surface area contributed by atoms with Gasteiger partial charge in [-0.3, -0.25) is 4.79 Å². The molecule has 0 spiro atoms. The fourth-order valence-corrected chi connectivity index (χ4v) is 3.32. The standard InChI is InChI=1S/C21H22N4O2/c1-27-17-5-7-18-16(13-17)4-6-19(24-18)21(26)23-14-15-8-9-22-20(12-15)25-10-2-3-11-25/h4-9,12-13H,2-3,10-11,14H2,1H3,(H,23,26). The molecule has 27 heavy (non-hydrogen) atoms. The van der Waals surface area contributed by atoms with Crippen molar-refractivity contribution in [3.05, 3.63) is 59.9 Å². The fourth-order valence-electron chi connectivity index (χ4n) is 3.32. The maximum atomic E-state index is 12.5. The molecule has 3 aromatic rings. The number of anilines is 1. The number of ether oxygens (including phenoxy) is 1. The Morgan fingerprint density at radius 2 is 2.00 bits per heavy atom. The van der Waals surface area contributed by atoms with E-state index in [1.807, 2.05) is 36.4 Å². The highest BCUT2D eigenvalue weighted by atomic mass is 16.5. The second kappa shape index (κ2) is 7.61. The number of hydrogen-bond donors (Lipinski definition) is 1. The van der Waals surface area contributed by atoms with Crippen molar-refractivity contribution in [2.45, 2.75) is 19.4 Å². The van der Waals surface area contributed by atoms with Gasteiger partial charge in [0.15, 0.2) is 0 Å². The molecule has 138 valence electrons. The molecule has 1 fully saturated rings. The van der Waals surface area contributed by atoms with Gasteiger partial charge in [0, 0.05) is 31.2 Å². The van der Waals surface area contributed by atoms with Crippen LogP contribution in [0.15, 0.2) is 48.7 Å². The molecule has 0 radical (unpaired) electrons. The van der Waals surface area contributed by atoms with E-state index in [1.165, 1.54) is 12.8 Å². The molecular formula is C21H22N4O2. The SMILES string of the molecule is COc1ccc2nc(C(=O)NCc3ccnc(N4CCCC4)c3)ccc2c1. The summed E-state index contributed by atoms with van der Waals surface area (Å²) in [6.07, 6.45) is 4.22. The average Bonchev–Trinajstić information content (AvgIpc) is 3.26. The lowest BCUT2D eigenvalue weighted by Gasteiger charge is -2.17. The first-order valence-corrected chi connectivity index (χ1v) is 9.16. The van der Waals surface area contributed by atoms with Crippen molar-refractivity contribution in [1.29, 1.82) is 0 Å². The molecular weight excluding hydrogens is 340 g/mol. The molecule has 4 rings (SSSR count). The smallest absolute Gasteiger partial charge is 0.270 e. The van der Waals surface area contributed by atoms with Crippen LogP contribution in [0.2, 0.25) is 0 Å². The zero-order chi connectivity index (χ0) is 18.6. The number of aromatic nitrogens is 2. The summed E-state index contributed by atoms with van der Waals surface area (Å²) in [7, 11) is 1.63.